The Morgan fingerprint density at radius 2 is 2.12 bits per heavy atom. The summed E-state index contributed by atoms with van der Waals surface area (Å²) in [7, 11) is -1.63. The van der Waals surface area contributed by atoms with Crippen molar-refractivity contribution in [3.8, 4) is 5.75 Å². The number of ether oxygens (including phenoxy) is 1. The van der Waals surface area contributed by atoms with Crippen LogP contribution in [0.4, 0.5) is 0 Å². The number of methoxy groups -OCH3 is 1. The van der Waals surface area contributed by atoms with Crippen LogP contribution in [0.2, 0.25) is 5.02 Å². The van der Waals surface area contributed by atoms with Gasteiger partial charge in [-0.2, -0.15) is 0 Å². The van der Waals surface area contributed by atoms with E-state index in [1.807, 2.05) is 0 Å². The van der Waals surface area contributed by atoms with Crippen molar-refractivity contribution in [3.05, 3.63) is 28.8 Å². The van der Waals surface area contributed by atoms with Crippen molar-refractivity contribution in [1.29, 1.82) is 0 Å². The molecule has 1 aromatic carbocycles. The van der Waals surface area contributed by atoms with E-state index in [9.17, 15) is 8.42 Å². The van der Waals surface area contributed by atoms with E-state index in [0.29, 0.717) is 16.3 Å². The third kappa shape index (κ3) is 3.66. The maximum absolute atomic E-state index is 11.1. The van der Waals surface area contributed by atoms with Crippen LogP contribution in [-0.4, -0.2) is 27.5 Å². The van der Waals surface area contributed by atoms with E-state index in [0.717, 1.165) is 6.26 Å². The van der Waals surface area contributed by atoms with E-state index in [-0.39, 0.29) is 5.75 Å². The molecule has 0 saturated heterocycles. The first-order valence-corrected chi connectivity index (χ1v) is 7.04. The molecule has 0 aliphatic rings. The van der Waals surface area contributed by atoms with Crippen molar-refractivity contribution in [2.45, 2.75) is 6.04 Å². The standard InChI is InChI=1S/C10H14ClNO3S/c1-15-10-4-3-7(11)5-8(10)9(12)6-16(2,13)14/h3-5,9H,6,12H2,1-2H3. The van der Waals surface area contributed by atoms with E-state index in [1.54, 1.807) is 18.2 Å². The molecule has 0 heterocycles. The molecule has 1 rings (SSSR count). The highest BCUT2D eigenvalue weighted by Crippen LogP contribution is 2.27. The summed E-state index contributed by atoms with van der Waals surface area (Å²) in [6, 6.07) is 4.32. The van der Waals surface area contributed by atoms with E-state index in [4.69, 9.17) is 22.1 Å². The number of hydrogen-bond acceptors (Lipinski definition) is 4. The van der Waals surface area contributed by atoms with Gasteiger partial charge in [0.05, 0.1) is 12.9 Å². The largest absolute Gasteiger partial charge is 0.496 e. The lowest BCUT2D eigenvalue weighted by molar-refractivity contribution is 0.407. The van der Waals surface area contributed by atoms with E-state index < -0.39 is 15.9 Å². The van der Waals surface area contributed by atoms with Gasteiger partial charge in [-0.15, -0.1) is 0 Å². The van der Waals surface area contributed by atoms with Gasteiger partial charge in [0.1, 0.15) is 15.6 Å². The predicted octanol–water partition coefficient (Wildman–Crippen LogP) is 1.39. The number of halogens is 1. The Morgan fingerprint density at radius 1 is 1.50 bits per heavy atom. The molecule has 1 unspecified atom stereocenters. The second kappa shape index (κ2) is 5.03. The summed E-state index contributed by atoms with van der Waals surface area (Å²) in [5.41, 5.74) is 6.41. The van der Waals surface area contributed by atoms with Gasteiger partial charge in [-0.05, 0) is 18.2 Å². The Morgan fingerprint density at radius 3 is 2.62 bits per heavy atom. The quantitative estimate of drug-likeness (QED) is 0.891. The first kappa shape index (κ1) is 13.3. The fraction of sp³-hybridized carbons (Fsp3) is 0.400. The van der Waals surface area contributed by atoms with E-state index in [1.165, 1.54) is 7.11 Å². The van der Waals surface area contributed by atoms with Crippen molar-refractivity contribution in [2.75, 3.05) is 19.1 Å². The molecule has 0 fully saturated rings. The summed E-state index contributed by atoms with van der Waals surface area (Å²) in [6.45, 7) is 0. The molecule has 4 nitrogen and oxygen atoms in total. The van der Waals surface area contributed by atoms with Gasteiger partial charge >= 0.3 is 0 Å². The van der Waals surface area contributed by atoms with Gasteiger partial charge in [-0.25, -0.2) is 8.42 Å². The highest BCUT2D eigenvalue weighted by molar-refractivity contribution is 7.90. The van der Waals surface area contributed by atoms with Crippen LogP contribution in [0.5, 0.6) is 5.75 Å². The van der Waals surface area contributed by atoms with Crippen molar-refractivity contribution in [3.63, 3.8) is 0 Å². The molecule has 0 bridgehead atoms. The Kier molecular flexibility index (Phi) is 4.18. The van der Waals surface area contributed by atoms with Crippen LogP contribution in [-0.2, 0) is 9.84 Å². The zero-order valence-corrected chi connectivity index (χ0v) is 10.7. The Bertz CT molecular complexity index is 473. The molecule has 2 N–H and O–H groups in total. The van der Waals surface area contributed by atoms with Crippen molar-refractivity contribution >= 4 is 21.4 Å². The average molecular weight is 264 g/mol. The Labute approximate surface area is 100 Å². The fourth-order valence-electron chi connectivity index (χ4n) is 1.41. The number of sulfone groups is 1. The molecule has 0 amide bonds. The maximum Gasteiger partial charge on any atom is 0.149 e. The van der Waals surface area contributed by atoms with Crippen molar-refractivity contribution in [2.24, 2.45) is 5.73 Å². The van der Waals surface area contributed by atoms with E-state index >= 15 is 0 Å². The third-order valence-corrected chi connectivity index (χ3v) is 3.27. The smallest absolute Gasteiger partial charge is 0.149 e. The summed E-state index contributed by atoms with van der Waals surface area (Å²) in [5.74, 6) is 0.407. The fourth-order valence-corrected chi connectivity index (χ4v) is 2.42. The highest BCUT2D eigenvalue weighted by Gasteiger charge is 2.17. The molecule has 16 heavy (non-hydrogen) atoms. The van der Waals surface area contributed by atoms with Crippen LogP contribution in [0.3, 0.4) is 0 Å². The summed E-state index contributed by atoms with van der Waals surface area (Å²) in [6.07, 6.45) is 1.14. The van der Waals surface area contributed by atoms with Gasteiger partial charge in [-0.1, -0.05) is 11.6 Å². The van der Waals surface area contributed by atoms with Gasteiger partial charge < -0.3 is 10.5 Å². The van der Waals surface area contributed by atoms with Crippen molar-refractivity contribution < 1.29 is 13.2 Å². The van der Waals surface area contributed by atoms with Crippen molar-refractivity contribution in [1.82, 2.24) is 0 Å². The first-order chi connectivity index (χ1) is 7.33. The second-order valence-corrected chi connectivity index (χ2v) is 6.21. The minimum Gasteiger partial charge on any atom is -0.496 e. The lowest BCUT2D eigenvalue weighted by Gasteiger charge is -2.15. The number of benzene rings is 1. The zero-order valence-electron chi connectivity index (χ0n) is 9.10. The van der Waals surface area contributed by atoms with Crippen LogP contribution in [0.1, 0.15) is 11.6 Å². The summed E-state index contributed by atoms with van der Waals surface area (Å²) in [4.78, 5) is 0. The minimum absolute atomic E-state index is 0.135. The second-order valence-electron chi connectivity index (χ2n) is 3.59. The Hall–Kier alpha value is -0.780. The molecule has 0 radical (unpaired) electrons. The molecule has 0 spiro atoms. The highest BCUT2D eigenvalue weighted by atomic mass is 35.5. The lowest BCUT2D eigenvalue weighted by atomic mass is 10.1. The van der Waals surface area contributed by atoms with Gasteiger partial charge in [0.25, 0.3) is 0 Å². The third-order valence-electron chi connectivity index (χ3n) is 2.07. The molecular formula is C10H14ClNO3S. The average Bonchev–Trinajstić information content (AvgIpc) is 2.15. The summed E-state index contributed by atoms with van der Waals surface area (Å²) >= 11 is 5.83. The van der Waals surface area contributed by atoms with Gasteiger partial charge in [0, 0.05) is 22.9 Å². The van der Waals surface area contributed by atoms with Crippen LogP contribution in [0.25, 0.3) is 0 Å². The summed E-state index contributed by atoms with van der Waals surface area (Å²) < 4.78 is 27.4. The van der Waals surface area contributed by atoms with Crippen LogP contribution in [0, 0.1) is 0 Å². The maximum atomic E-state index is 11.1. The number of hydrogen-bond donors (Lipinski definition) is 1. The monoisotopic (exact) mass is 263 g/mol. The first-order valence-electron chi connectivity index (χ1n) is 4.60. The molecule has 6 heteroatoms. The molecule has 0 aliphatic carbocycles. The molecule has 1 atom stereocenters. The molecule has 1 aromatic rings. The topological polar surface area (TPSA) is 69.4 Å². The van der Waals surface area contributed by atoms with Crippen LogP contribution < -0.4 is 10.5 Å². The molecule has 0 saturated carbocycles. The van der Waals surface area contributed by atoms with Crippen LogP contribution in [0.15, 0.2) is 18.2 Å². The Balaban J connectivity index is 3.06. The lowest BCUT2D eigenvalue weighted by Crippen LogP contribution is -2.21. The molecular weight excluding hydrogens is 250 g/mol. The molecule has 0 aliphatic heterocycles. The number of nitrogens with two attached hydrogens (primary N) is 1. The van der Waals surface area contributed by atoms with Gasteiger partial charge in [-0.3, -0.25) is 0 Å². The normalized spacial score (nSPS) is 13.5. The zero-order chi connectivity index (χ0) is 12.3. The van der Waals surface area contributed by atoms with Gasteiger partial charge in [0.2, 0.25) is 0 Å². The molecule has 0 aromatic heterocycles. The predicted molar refractivity (Wildman–Crippen MR) is 64.6 cm³/mol. The molecule has 90 valence electrons. The van der Waals surface area contributed by atoms with Crippen LogP contribution >= 0.6 is 11.6 Å². The summed E-state index contributed by atoms with van der Waals surface area (Å²) in [5, 5.41) is 0.500. The minimum atomic E-state index is -3.13. The van der Waals surface area contributed by atoms with Gasteiger partial charge in [0.15, 0.2) is 0 Å². The number of rotatable bonds is 4. The SMILES string of the molecule is COc1ccc(Cl)cc1C(N)CS(C)(=O)=O. The van der Waals surface area contributed by atoms with E-state index in [2.05, 4.69) is 0 Å².